The third kappa shape index (κ3) is 3.74. The summed E-state index contributed by atoms with van der Waals surface area (Å²) in [4.78, 5) is 0. The molecule has 0 spiro atoms. The molecule has 0 saturated carbocycles. The van der Waals surface area contributed by atoms with Crippen LogP contribution in [0, 0.1) is 13.8 Å². The van der Waals surface area contributed by atoms with Crippen LogP contribution in [-0.4, -0.2) is 15.5 Å². The van der Waals surface area contributed by atoms with Crippen LogP contribution >= 0.6 is 11.3 Å². The van der Waals surface area contributed by atoms with E-state index in [2.05, 4.69) is 10.0 Å². The Morgan fingerprint density at radius 3 is 2.62 bits per heavy atom. The molecule has 116 valence electrons. The van der Waals surface area contributed by atoms with Crippen molar-refractivity contribution >= 4 is 21.4 Å². The zero-order valence-corrected chi connectivity index (χ0v) is 14.2. The van der Waals surface area contributed by atoms with Crippen molar-refractivity contribution in [3.8, 4) is 0 Å². The lowest BCUT2D eigenvalue weighted by molar-refractivity contribution is 0.496. The van der Waals surface area contributed by atoms with Gasteiger partial charge in [-0.15, -0.1) is 11.3 Å². The molecular formula is C14H20N2O3S2. The lowest BCUT2D eigenvalue weighted by Gasteiger charge is -2.12. The first kappa shape index (κ1) is 16.2. The largest absolute Gasteiger partial charge is 0.466 e. The summed E-state index contributed by atoms with van der Waals surface area (Å²) in [6.07, 6.45) is 0. The van der Waals surface area contributed by atoms with E-state index in [0.717, 1.165) is 22.6 Å². The van der Waals surface area contributed by atoms with Crippen molar-refractivity contribution in [2.75, 3.05) is 7.05 Å². The first-order valence-electron chi connectivity index (χ1n) is 6.64. The van der Waals surface area contributed by atoms with Crippen LogP contribution in [0.15, 0.2) is 26.1 Å². The molecule has 0 fully saturated rings. The summed E-state index contributed by atoms with van der Waals surface area (Å²) in [6, 6.07) is 3.23. The van der Waals surface area contributed by atoms with Gasteiger partial charge in [0.25, 0.3) is 10.0 Å². The van der Waals surface area contributed by atoms with Crippen molar-refractivity contribution in [3.05, 3.63) is 40.2 Å². The first-order valence-corrected chi connectivity index (χ1v) is 9.01. The average molecular weight is 328 g/mol. The van der Waals surface area contributed by atoms with Crippen LogP contribution in [0.25, 0.3) is 0 Å². The van der Waals surface area contributed by atoms with Crippen LogP contribution in [0.2, 0.25) is 0 Å². The Balaban J connectivity index is 2.18. The molecule has 0 radical (unpaired) electrons. The molecule has 7 heteroatoms. The standard InChI is InChI=1S/C14H20N2O3S2/c1-9-5-13(11(3)19-9)10(2)16-21(17,18)14-6-12(7-15-4)8-20-14/h5-6,8,10,15-16H,7H2,1-4H3. The Labute approximate surface area is 129 Å². The van der Waals surface area contributed by atoms with Gasteiger partial charge in [-0.05, 0) is 50.9 Å². The Bertz CT molecular complexity index is 716. The van der Waals surface area contributed by atoms with Gasteiger partial charge < -0.3 is 9.73 Å². The number of hydrogen-bond donors (Lipinski definition) is 2. The normalized spacial score (nSPS) is 13.5. The predicted octanol–water partition coefficient (Wildman–Crippen LogP) is 2.72. The van der Waals surface area contributed by atoms with Gasteiger partial charge in [0, 0.05) is 18.2 Å². The molecule has 0 aliphatic heterocycles. The maximum absolute atomic E-state index is 12.4. The number of nitrogens with one attached hydrogen (secondary N) is 2. The van der Waals surface area contributed by atoms with Crippen molar-refractivity contribution in [2.24, 2.45) is 0 Å². The molecule has 2 N–H and O–H groups in total. The molecule has 5 nitrogen and oxygen atoms in total. The van der Waals surface area contributed by atoms with Gasteiger partial charge >= 0.3 is 0 Å². The van der Waals surface area contributed by atoms with Gasteiger partial charge in [0.2, 0.25) is 0 Å². The summed E-state index contributed by atoms with van der Waals surface area (Å²) in [5.74, 6) is 1.52. The lowest BCUT2D eigenvalue weighted by atomic mass is 10.1. The maximum atomic E-state index is 12.4. The highest BCUT2D eigenvalue weighted by Gasteiger charge is 2.22. The molecule has 21 heavy (non-hydrogen) atoms. The molecule has 0 amide bonds. The van der Waals surface area contributed by atoms with Crippen LogP contribution in [0.5, 0.6) is 0 Å². The number of thiophene rings is 1. The summed E-state index contributed by atoms with van der Waals surface area (Å²) >= 11 is 1.23. The zero-order chi connectivity index (χ0) is 15.6. The third-order valence-electron chi connectivity index (χ3n) is 3.15. The number of sulfonamides is 1. The minimum absolute atomic E-state index is 0.331. The van der Waals surface area contributed by atoms with Gasteiger partial charge in [-0.25, -0.2) is 13.1 Å². The van der Waals surface area contributed by atoms with E-state index in [9.17, 15) is 8.42 Å². The van der Waals surface area contributed by atoms with Crippen molar-refractivity contribution in [1.29, 1.82) is 0 Å². The maximum Gasteiger partial charge on any atom is 0.250 e. The molecular weight excluding hydrogens is 308 g/mol. The summed E-state index contributed by atoms with van der Waals surface area (Å²) < 4.78 is 33.3. The van der Waals surface area contributed by atoms with Crippen LogP contribution in [-0.2, 0) is 16.6 Å². The number of rotatable bonds is 6. The Morgan fingerprint density at radius 2 is 2.05 bits per heavy atom. The summed E-state index contributed by atoms with van der Waals surface area (Å²) in [5.41, 5.74) is 1.83. The van der Waals surface area contributed by atoms with Crippen LogP contribution in [0.3, 0.4) is 0 Å². The number of furan rings is 1. The van der Waals surface area contributed by atoms with Crippen molar-refractivity contribution in [2.45, 2.75) is 37.6 Å². The summed E-state index contributed by atoms with van der Waals surface area (Å²) in [5, 5.41) is 4.85. The highest BCUT2D eigenvalue weighted by molar-refractivity contribution is 7.91. The highest BCUT2D eigenvalue weighted by atomic mass is 32.2. The SMILES string of the molecule is CNCc1csc(S(=O)(=O)NC(C)c2cc(C)oc2C)c1. The first-order chi connectivity index (χ1) is 9.83. The molecule has 0 aromatic carbocycles. The van der Waals surface area contributed by atoms with Gasteiger partial charge in [-0.1, -0.05) is 0 Å². The summed E-state index contributed by atoms with van der Waals surface area (Å²) in [7, 11) is -1.68. The van der Waals surface area contributed by atoms with Crippen molar-refractivity contribution in [3.63, 3.8) is 0 Å². The van der Waals surface area contributed by atoms with E-state index in [-0.39, 0.29) is 6.04 Å². The fourth-order valence-corrected chi connectivity index (χ4v) is 4.67. The fraction of sp³-hybridized carbons (Fsp3) is 0.429. The topological polar surface area (TPSA) is 71.3 Å². The second-order valence-electron chi connectivity index (χ2n) is 5.02. The molecule has 0 saturated heterocycles. The molecule has 0 aliphatic carbocycles. The van der Waals surface area contributed by atoms with Gasteiger partial charge in [-0.3, -0.25) is 0 Å². The van der Waals surface area contributed by atoms with Gasteiger partial charge in [0.05, 0.1) is 0 Å². The fourth-order valence-electron chi connectivity index (χ4n) is 2.23. The second kappa shape index (κ2) is 6.31. The predicted molar refractivity (Wildman–Crippen MR) is 84.0 cm³/mol. The minimum Gasteiger partial charge on any atom is -0.466 e. The van der Waals surface area contributed by atoms with E-state index >= 15 is 0 Å². The quantitative estimate of drug-likeness (QED) is 0.855. The van der Waals surface area contributed by atoms with E-state index in [4.69, 9.17) is 4.42 Å². The van der Waals surface area contributed by atoms with E-state index in [1.54, 1.807) is 6.07 Å². The molecule has 1 atom stereocenters. The second-order valence-corrected chi connectivity index (χ2v) is 7.87. The Hall–Kier alpha value is -1.15. The van der Waals surface area contributed by atoms with E-state index in [1.165, 1.54) is 11.3 Å². The van der Waals surface area contributed by atoms with E-state index in [0.29, 0.717) is 10.8 Å². The molecule has 0 bridgehead atoms. The van der Waals surface area contributed by atoms with Crippen molar-refractivity contribution in [1.82, 2.24) is 10.0 Å². The third-order valence-corrected chi connectivity index (χ3v) is 6.18. The number of aryl methyl sites for hydroxylation is 2. The van der Waals surface area contributed by atoms with Crippen LogP contribution < -0.4 is 10.0 Å². The van der Waals surface area contributed by atoms with Crippen molar-refractivity contribution < 1.29 is 12.8 Å². The van der Waals surface area contributed by atoms with E-state index in [1.807, 2.05) is 39.3 Å². The monoisotopic (exact) mass is 328 g/mol. The molecule has 2 aromatic heterocycles. The van der Waals surface area contributed by atoms with Crippen LogP contribution in [0.1, 0.15) is 35.6 Å². The molecule has 1 unspecified atom stereocenters. The average Bonchev–Trinajstić information content (AvgIpc) is 2.96. The Kier molecular flexibility index (Phi) is 4.88. The Morgan fingerprint density at radius 1 is 1.33 bits per heavy atom. The summed E-state index contributed by atoms with van der Waals surface area (Å²) in [6.45, 7) is 6.16. The van der Waals surface area contributed by atoms with E-state index < -0.39 is 10.0 Å². The van der Waals surface area contributed by atoms with Crippen LogP contribution in [0.4, 0.5) is 0 Å². The van der Waals surface area contributed by atoms with Gasteiger partial charge in [-0.2, -0.15) is 0 Å². The highest BCUT2D eigenvalue weighted by Crippen LogP contribution is 2.25. The smallest absolute Gasteiger partial charge is 0.250 e. The number of hydrogen-bond acceptors (Lipinski definition) is 5. The molecule has 2 rings (SSSR count). The molecule has 2 aromatic rings. The zero-order valence-electron chi connectivity index (χ0n) is 12.6. The molecule has 0 aliphatic rings. The van der Waals surface area contributed by atoms with Gasteiger partial charge in [0.15, 0.2) is 0 Å². The molecule has 2 heterocycles. The minimum atomic E-state index is -3.51. The lowest BCUT2D eigenvalue weighted by Crippen LogP contribution is -2.26. The van der Waals surface area contributed by atoms with Gasteiger partial charge in [0.1, 0.15) is 15.7 Å².